The first kappa shape index (κ1) is 10.8. The molecule has 0 radical (unpaired) electrons. The third-order valence-electron chi connectivity index (χ3n) is 1.79. The van der Waals surface area contributed by atoms with Gasteiger partial charge < -0.3 is 15.1 Å². The van der Waals surface area contributed by atoms with Crippen LogP contribution < -0.4 is 10.0 Å². The van der Waals surface area contributed by atoms with Gasteiger partial charge in [-0.1, -0.05) is 12.1 Å². The molecule has 5 heteroatoms. The van der Waals surface area contributed by atoms with Crippen LogP contribution in [0.2, 0.25) is 0 Å². The number of carboxylic acids is 1. The molecule has 0 amide bonds. The molecule has 1 atom stereocenters. The first-order valence-corrected chi connectivity index (χ1v) is 4.30. The van der Waals surface area contributed by atoms with Crippen LogP contribution in [0.4, 0.5) is 0 Å². The normalized spacial score (nSPS) is 12.1. The van der Waals surface area contributed by atoms with Gasteiger partial charge in [-0.25, -0.2) is 0 Å². The molecule has 0 heterocycles. The van der Waals surface area contributed by atoms with Crippen molar-refractivity contribution in [3.05, 3.63) is 29.8 Å². The van der Waals surface area contributed by atoms with Crippen LogP contribution in [0.25, 0.3) is 0 Å². The third-order valence-corrected chi connectivity index (χ3v) is 1.96. The first-order chi connectivity index (χ1) is 6.63. The molecule has 1 rings (SSSR count). The summed E-state index contributed by atoms with van der Waals surface area (Å²) >= 11 is 5.12. The Hall–Kier alpha value is -1.26. The van der Waals surface area contributed by atoms with E-state index in [0.29, 0.717) is 5.75 Å². The van der Waals surface area contributed by atoms with Crippen molar-refractivity contribution in [2.24, 2.45) is 5.73 Å². The van der Waals surface area contributed by atoms with E-state index >= 15 is 0 Å². The molecule has 76 valence electrons. The van der Waals surface area contributed by atoms with E-state index in [0.717, 1.165) is 5.56 Å². The van der Waals surface area contributed by atoms with E-state index in [-0.39, 0.29) is 6.42 Å². The highest BCUT2D eigenvalue weighted by molar-refractivity contribution is 6.09. The van der Waals surface area contributed by atoms with Crippen molar-refractivity contribution in [2.75, 3.05) is 0 Å². The predicted molar refractivity (Wildman–Crippen MR) is 52.2 cm³/mol. The molecule has 0 fully saturated rings. The van der Waals surface area contributed by atoms with Gasteiger partial charge in [-0.15, -0.1) is 0 Å². The number of nitrogens with two attached hydrogens (primary N) is 1. The number of hydrogen-bond acceptors (Lipinski definition) is 3. The average molecular weight is 216 g/mol. The maximum Gasteiger partial charge on any atom is 0.320 e. The highest BCUT2D eigenvalue weighted by Crippen LogP contribution is 2.14. The van der Waals surface area contributed by atoms with Gasteiger partial charge >= 0.3 is 5.97 Å². The SMILES string of the molecule is N[C@@H](Cc1ccc(OCl)cc1)C(=O)O. The lowest BCUT2D eigenvalue weighted by molar-refractivity contribution is -0.138. The smallest absolute Gasteiger partial charge is 0.320 e. The van der Waals surface area contributed by atoms with Crippen molar-refractivity contribution >= 4 is 17.8 Å². The summed E-state index contributed by atoms with van der Waals surface area (Å²) in [6, 6.07) is 5.87. The second-order valence-corrected chi connectivity index (χ2v) is 3.02. The molecule has 0 bridgehead atoms. The molecule has 0 aliphatic rings. The van der Waals surface area contributed by atoms with Gasteiger partial charge in [0.25, 0.3) is 0 Å². The maximum atomic E-state index is 10.5. The summed E-state index contributed by atoms with van der Waals surface area (Å²) in [5, 5.41) is 8.57. The first-order valence-electron chi connectivity index (χ1n) is 3.99. The van der Waals surface area contributed by atoms with Crippen LogP contribution in [-0.4, -0.2) is 17.1 Å². The lowest BCUT2D eigenvalue weighted by atomic mass is 10.1. The van der Waals surface area contributed by atoms with Crippen LogP contribution in [0, 0.1) is 0 Å². The van der Waals surface area contributed by atoms with E-state index in [1.165, 1.54) is 0 Å². The molecule has 0 spiro atoms. The number of rotatable bonds is 4. The molecule has 14 heavy (non-hydrogen) atoms. The molecule has 0 aliphatic heterocycles. The molecule has 3 N–H and O–H groups in total. The van der Waals surface area contributed by atoms with Crippen LogP contribution >= 0.6 is 11.9 Å². The van der Waals surface area contributed by atoms with Crippen molar-refractivity contribution in [1.29, 1.82) is 0 Å². The summed E-state index contributed by atoms with van der Waals surface area (Å²) in [6.07, 6.45) is 0.290. The molecular weight excluding hydrogens is 206 g/mol. The molecular formula is C9H10ClNO3. The van der Waals surface area contributed by atoms with Crippen LogP contribution in [0.1, 0.15) is 5.56 Å². The van der Waals surface area contributed by atoms with Gasteiger partial charge in [0, 0.05) is 0 Å². The van der Waals surface area contributed by atoms with E-state index in [4.69, 9.17) is 22.7 Å². The Kier molecular flexibility index (Phi) is 3.73. The zero-order chi connectivity index (χ0) is 10.6. The molecule has 4 nitrogen and oxygen atoms in total. The Balaban J connectivity index is 2.64. The zero-order valence-corrected chi connectivity index (χ0v) is 8.07. The van der Waals surface area contributed by atoms with Crippen molar-refractivity contribution in [1.82, 2.24) is 0 Å². The summed E-state index contributed by atoms with van der Waals surface area (Å²) in [5.74, 6) is -0.498. The Morgan fingerprint density at radius 1 is 1.50 bits per heavy atom. The quantitative estimate of drug-likeness (QED) is 0.791. The Labute approximate surface area is 86.4 Å². The van der Waals surface area contributed by atoms with Crippen molar-refractivity contribution in [2.45, 2.75) is 12.5 Å². The Morgan fingerprint density at radius 2 is 2.07 bits per heavy atom. The zero-order valence-electron chi connectivity index (χ0n) is 7.31. The van der Waals surface area contributed by atoms with E-state index < -0.39 is 12.0 Å². The fraction of sp³-hybridized carbons (Fsp3) is 0.222. The van der Waals surface area contributed by atoms with Gasteiger partial charge in [-0.05, 0) is 24.1 Å². The largest absolute Gasteiger partial charge is 0.480 e. The average Bonchev–Trinajstić information content (AvgIpc) is 2.19. The second kappa shape index (κ2) is 4.83. The van der Waals surface area contributed by atoms with E-state index in [9.17, 15) is 4.79 Å². The number of aliphatic carboxylic acids is 1. The highest BCUT2D eigenvalue weighted by atomic mass is 35.5. The fourth-order valence-corrected chi connectivity index (χ4v) is 1.12. The minimum absolute atomic E-state index is 0.290. The van der Waals surface area contributed by atoms with Crippen molar-refractivity contribution in [3.63, 3.8) is 0 Å². The maximum absolute atomic E-state index is 10.5. The summed E-state index contributed by atoms with van der Waals surface area (Å²) in [7, 11) is 0. The van der Waals surface area contributed by atoms with Gasteiger partial charge in [0.15, 0.2) is 0 Å². The number of benzene rings is 1. The van der Waals surface area contributed by atoms with Gasteiger partial charge in [0.05, 0.1) is 0 Å². The molecule has 0 saturated heterocycles. The van der Waals surface area contributed by atoms with Gasteiger partial charge in [0.2, 0.25) is 0 Å². The number of hydrogen-bond donors (Lipinski definition) is 2. The summed E-state index contributed by atoms with van der Waals surface area (Å²) in [4.78, 5) is 10.5. The minimum Gasteiger partial charge on any atom is -0.480 e. The molecule has 0 aromatic heterocycles. The third kappa shape index (κ3) is 2.90. The van der Waals surface area contributed by atoms with Crippen LogP contribution in [-0.2, 0) is 11.2 Å². The predicted octanol–water partition coefficient (Wildman–Crippen LogP) is 1.17. The van der Waals surface area contributed by atoms with Crippen LogP contribution in [0.3, 0.4) is 0 Å². The topological polar surface area (TPSA) is 72.5 Å². The Bertz CT molecular complexity index is 312. The fourth-order valence-electron chi connectivity index (χ4n) is 1.02. The van der Waals surface area contributed by atoms with E-state index in [1.807, 2.05) is 0 Å². The molecule has 1 aromatic rings. The van der Waals surface area contributed by atoms with E-state index in [2.05, 4.69) is 4.29 Å². The van der Waals surface area contributed by atoms with Crippen LogP contribution in [0.5, 0.6) is 5.75 Å². The summed E-state index contributed by atoms with van der Waals surface area (Å²) in [6.45, 7) is 0. The standard InChI is InChI=1S/C9H10ClNO3/c10-14-7-3-1-6(2-4-7)5-8(11)9(12)13/h1-4,8H,5,11H2,(H,12,13)/t8-/m0/s1. The van der Waals surface area contributed by atoms with Crippen molar-refractivity contribution < 1.29 is 14.2 Å². The molecule has 0 aliphatic carbocycles. The Morgan fingerprint density at radius 3 is 2.50 bits per heavy atom. The molecule has 0 unspecified atom stereocenters. The lowest BCUT2D eigenvalue weighted by Gasteiger charge is -2.06. The van der Waals surface area contributed by atoms with Gasteiger partial charge in [0.1, 0.15) is 23.7 Å². The monoisotopic (exact) mass is 215 g/mol. The van der Waals surface area contributed by atoms with E-state index in [1.54, 1.807) is 24.3 Å². The minimum atomic E-state index is -1.01. The van der Waals surface area contributed by atoms with Crippen molar-refractivity contribution in [3.8, 4) is 5.75 Å². The van der Waals surface area contributed by atoms with Gasteiger partial charge in [-0.2, -0.15) is 0 Å². The van der Waals surface area contributed by atoms with Crippen LogP contribution in [0.15, 0.2) is 24.3 Å². The van der Waals surface area contributed by atoms with Gasteiger partial charge in [-0.3, -0.25) is 4.79 Å². The highest BCUT2D eigenvalue weighted by Gasteiger charge is 2.11. The lowest BCUT2D eigenvalue weighted by Crippen LogP contribution is -2.32. The second-order valence-electron chi connectivity index (χ2n) is 2.87. The molecule has 0 saturated carbocycles. The number of carbonyl (C=O) groups is 1. The number of halogens is 1. The summed E-state index contributed by atoms with van der Waals surface area (Å²) in [5.41, 5.74) is 6.19. The molecule has 1 aromatic carbocycles. The number of carboxylic acid groups (broad SMARTS) is 1. The summed E-state index contributed by atoms with van der Waals surface area (Å²) < 4.78 is 4.45.